The number of benzene rings is 3. The molecule has 0 radical (unpaired) electrons. The molecule has 3 aromatic carbocycles. The van der Waals surface area contributed by atoms with E-state index in [0.29, 0.717) is 11.3 Å². The summed E-state index contributed by atoms with van der Waals surface area (Å²) in [6.07, 6.45) is 0. The number of amides is 1. The van der Waals surface area contributed by atoms with E-state index in [0.717, 1.165) is 16.3 Å². The predicted octanol–water partition coefficient (Wildman–Crippen LogP) is 3.41. The molecule has 5 rings (SSSR count). The Bertz CT molecular complexity index is 1120. The number of hydrogen-bond acceptors (Lipinski definition) is 4. The minimum atomic E-state index is -1.37. The minimum absolute atomic E-state index is 0.252. The van der Waals surface area contributed by atoms with Gasteiger partial charge in [-0.15, -0.1) is 0 Å². The summed E-state index contributed by atoms with van der Waals surface area (Å²) >= 11 is 0. The van der Waals surface area contributed by atoms with Crippen LogP contribution in [-0.4, -0.2) is 22.9 Å². The lowest BCUT2D eigenvalue weighted by Gasteiger charge is -2.25. The van der Waals surface area contributed by atoms with Crippen LogP contribution in [0.25, 0.3) is 10.8 Å². The standard InChI is InChI=1S/C22H19N3O3/c1-13-19(16-10-6-8-14-7-2-3-9-15(14)16)20(25(27)28)22(24-13)17-11-4-5-12-18(17)23-21(22)26/h2-13,19-20,24H,1H3,(H,23,26)/t13-,19+,20-,22-/m0/s1. The Morgan fingerprint density at radius 1 is 1.00 bits per heavy atom. The average Bonchev–Trinajstić information content (AvgIpc) is 3.16. The van der Waals surface area contributed by atoms with Gasteiger partial charge in [0, 0.05) is 22.2 Å². The van der Waals surface area contributed by atoms with Gasteiger partial charge in [0.25, 0.3) is 11.9 Å². The number of fused-ring (bicyclic) bond motifs is 3. The Labute approximate surface area is 161 Å². The van der Waals surface area contributed by atoms with Gasteiger partial charge in [-0.2, -0.15) is 0 Å². The second kappa shape index (κ2) is 5.87. The summed E-state index contributed by atoms with van der Waals surface area (Å²) in [4.78, 5) is 25.2. The second-order valence-corrected chi connectivity index (χ2v) is 7.57. The second-order valence-electron chi connectivity index (χ2n) is 7.57. The molecule has 140 valence electrons. The van der Waals surface area contributed by atoms with Crippen molar-refractivity contribution in [3.05, 3.63) is 88.0 Å². The van der Waals surface area contributed by atoms with Crippen molar-refractivity contribution in [2.45, 2.75) is 30.5 Å². The average molecular weight is 373 g/mol. The molecule has 0 aromatic heterocycles. The zero-order valence-corrected chi connectivity index (χ0v) is 15.3. The fraction of sp³-hybridized carbons (Fsp3) is 0.227. The first-order valence-corrected chi connectivity index (χ1v) is 9.34. The molecule has 2 heterocycles. The van der Waals surface area contributed by atoms with Gasteiger partial charge in [0.2, 0.25) is 0 Å². The van der Waals surface area contributed by atoms with Crippen LogP contribution in [-0.2, 0) is 10.3 Å². The zero-order valence-electron chi connectivity index (χ0n) is 15.3. The van der Waals surface area contributed by atoms with E-state index < -0.39 is 17.5 Å². The molecule has 2 N–H and O–H groups in total. The number of carbonyl (C=O) groups is 1. The Hall–Kier alpha value is -3.25. The van der Waals surface area contributed by atoms with Crippen molar-refractivity contribution >= 4 is 22.4 Å². The third kappa shape index (κ3) is 2.09. The van der Waals surface area contributed by atoms with Gasteiger partial charge in [-0.05, 0) is 29.3 Å². The van der Waals surface area contributed by atoms with Crippen LogP contribution in [0, 0.1) is 10.1 Å². The van der Waals surface area contributed by atoms with Crippen LogP contribution in [0.3, 0.4) is 0 Å². The molecule has 0 aliphatic carbocycles. The largest absolute Gasteiger partial charge is 0.324 e. The molecule has 1 fully saturated rings. The van der Waals surface area contributed by atoms with Crippen molar-refractivity contribution < 1.29 is 9.72 Å². The van der Waals surface area contributed by atoms with Gasteiger partial charge < -0.3 is 5.32 Å². The Morgan fingerprint density at radius 3 is 2.54 bits per heavy atom. The SMILES string of the molecule is C[C@@H]1N[C@]2(C(=O)Nc3ccccc32)[C@@H]([N+](=O)[O-])[C@H]1c1cccc2ccccc12. The highest BCUT2D eigenvalue weighted by molar-refractivity contribution is 6.07. The smallest absolute Gasteiger partial charge is 0.256 e. The van der Waals surface area contributed by atoms with Gasteiger partial charge in [-0.1, -0.05) is 60.7 Å². The third-order valence-corrected chi connectivity index (χ3v) is 6.15. The molecular weight excluding hydrogens is 354 g/mol. The number of nitrogens with one attached hydrogen (secondary N) is 2. The molecule has 1 amide bonds. The lowest BCUT2D eigenvalue weighted by atomic mass is 9.77. The number of para-hydroxylation sites is 1. The molecule has 3 aromatic rings. The molecule has 1 spiro atoms. The van der Waals surface area contributed by atoms with Crippen molar-refractivity contribution in [2.24, 2.45) is 0 Å². The number of nitrogens with zero attached hydrogens (tertiary/aromatic N) is 1. The van der Waals surface area contributed by atoms with Crippen LogP contribution in [0.5, 0.6) is 0 Å². The first-order valence-electron chi connectivity index (χ1n) is 9.34. The molecule has 0 unspecified atom stereocenters. The van der Waals surface area contributed by atoms with Gasteiger partial charge in [-0.3, -0.25) is 20.2 Å². The quantitative estimate of drug-likeness (QED) is 0.533. The zero-order chi connectivity index (χ0) is 19.5. The first-order chi connectivity index (χ1) is 13.5. The maximum Gasteiger partial charge on any atom is 0.256 e. The maximum absolute atomic E-state index is 13.1. The first kappa shape index (κ1) is 16.9. The molecule has 1 saturated heterocycles. The molecule has 0 bridgehead atoms. The van der Waals surface area contributed by atoms with Crippen LogP contribution in [0.1, 0.15) is 24.0 Å². The molecule has 6 heteroatoms. The monoisotopic (exact) mass is 373 g/mol. The molecular formula is C22H19N3O3. The van der Waals surface area contributed by atoms with E-state index in [-0.39, 0.29) is 16.9 Å². The Morgan fingerprint density at radius 2 is 1.71 bits per heavy atom. The number of carbonyl (C=O) groups excluding carboxylic acids is 1. The van der Waals surface area contributed by atoms with Crippen molar-refractivity contribution in [1.29, 1.82) is 0 Å². The van der Waals surface area contributed by atoms with Gasteiger partial charge in [0.1, 0.15) is 0 Å². The fourth-order valence-corrected chi connectivity index (χ4v) is 5.06. The van der Waals surface area contributed by atoms with E-state index in [1.165, 1.54) is 0 Å². The predicted molar refractivity (Wildman–Crippen MR) is 107 cm³/mol. The lowest BCUT2D eigenvalue weighted by molar-refractivity contribution is -0.532. The topological polar surface area (TPSA) is 84.3 Å². The lowest BCUT2D eigenvalue weighted by Crippen LogP contribution is -2.54. The summed E-state index contributed by atoms with van der Waals surface area (Å²) in [7, 11) is 0. The highest BCUT2D eigenvalue weighted by Gasteiger charge is 2.67. The van der Waals surface area contributed by atoms with Crippen molar-refractivity contribution in [2.75, 3.05) is 5.32 Å². The summed E-state index contributed by atoms with van der Waals surface area (Å²) in [6.45, 7) is 1.92. The maximum atomic E-state index is 13.1. The molecule has 2 aliphatic heterocycles. The van der Waals surface area contributed by atoms with Crippen LogP contribution >= 0.6 is 0 Å². The van der Waals surface area contributed by atoms with E-state index in [1.807, 2.05) is 61.5 Å². The van der Waals surface area contributed by atoms with E-state index in [1.54, 1.807) is 12.1 Å². The molecule has 2 aliphatic rings. The Kier molecular flexibility index (Phi) is 3.54. The summed E-state index contributed by atoms with van der Waals surface area (Å²) in [5.41, 5.74) is 0.809. The van der Waals surface area contributed by atoms with Crippen molar-refractivity contribution in [3.63, 3.8) is 0 Å². The van der Waals surface area contributed by atoms with E-state index in [9.17, 15) is 14.9 Å². The normalized spacial score (nSPS) is 28.5. The highest BCUT2D eigenvalue weighted by Crippen LogP contribution is 2.50. The molecule has 0 saturated carbocycles. The van der Waals surface area contributed by atoms with Crippen molar-refractivity contribution in [1.82, 2.24) is 5.32 Å². The minimum Gasteiger partial charge on any atom is -0.324 e. The number of anilines is 1. The van der Waals surface area contributed by atoms with E-state index >= 15 is 0 Å². The number of hydrogen-bond donors (Lipinski definition) is 2. The summed E-state index contributed by atoms with van der Waals surface area (Å²) in [5, 5.41) is 20.6. The van der Waals surface area contributed by atoms with E-state index in [2.05, 4.69) is 10.6 Å². The van der Waals surface area contributed by atoms with Crippen LogP contribution in [0.15, 0.2) is 66.7 Å². The van der Waals surface area contributed by atoms with Gasteiger partial charge in [0.05, 0.1) is 5.92 Å². The molecule has 4 atom stereocenters. The van der Waals surface area contributed by atoms with Crippen LogP contribution in [0.4, 0.5) is 5.69 Å². The third-order valence-electron chi connectivity index (χ3n) is 6.15. The highest BCUT2D eigenvalue weighted by atomic mass is 16.6. The summed E-state index contributed by atoms with van der Waals surface area (Å²) in [6, 6.07) is 19.6. The fourth-order valence-electron chi connectivity index (χ4n) is 5.06. The van der Waals surface area contributed by atoms with E-state index in [4.69, 9.17) is 0 Å². The summed E-state index contributed by atoms with van der Waals surface area (Å²) in [5.74, 6) is -0.803. The molecule has 28 heavy (non-hydrogen) atoms. The number of nitro groups is 1. The van der Waals surface area contributed by atoms with Crippen molar-refractivity contribution in [3.8, 4) is 0 Å². The van der Waals surface area contributed by atoms with Gasteiger partial charge in [-0.25, -0.2) is 0 Å². The van der Waals surface area contributed by atoms with Crippen LogP contribution in [0.2, 0.25) is 0 Å². The Balaban J connectivity index is 1.75. The summed E-state index contributed by atoms with van der Waals surface area (Å²) < 4.78 is 0. The van der Waals surface area contributed by atoms with Crippen LogP contribution < -0.4 is 10.6 Å². The van der Waals surface area contributed by atoms with Gasteiger partial charge >= 0.3 is 0 Å². The number of rotatable bonds is 2. The van der Waals surface area contributed by atoms with Gasteiger partial charge in [0.15, 0.2) is 5.54 Å². The molecule has 6 nitrogen and oxygen atoms in total.